The Balaban J connectivity index is 3.48. The average Bonchev–Trinajstić information content (AvgIpc) is 3.44. The first kappa shape index (κ1) is 74.0. The number of rotatable bonds is 59. The lowest BCUT2D eigenvalue weighted by Crippen LogP contribution is -2.28. The Hall–Kier alpha value is -3.96. The second-order valence-electron chi connectivity index (χ2n) is 21.4. The summed E-state index contributed by atoms with van der Waals surface area (Å²) in [5, 5.41) is 9.68. The van der Waals surface area contributed by atoms with Gasteiger partial charge in [-0.05, 0) is 109 Å². The minimum Gasteiger partial charge on any atom is -0.462 e. The van der Waals surface area contributed by atoms with Crippen molar-refractivity contribution in [2.75, 3.05) is 13.2 Å². The van der Waals surface area contributed by atoms with Crippen molar-refractivity contribution in [3.63, 3.8) is 0 Å². The van der Waals surface area contributed by atoms with Crippen LogP contribution >= 0.6 is 0 Å². The highest BCUT2D eigenvalue weighted by Crippen LogP contribution is 2.17. The van der Waals surface area contributed by atoms with Crippen molar-refractivity contribution in [3.8, 4) is 0 Å². The lowest BCUT2D eigenvalue weighted by Gasteiger charge is -2.15. The summed E-state index contributed by atoms with van der Waals surface area (Å²) in [5.74, 6) is -0.604. The SMILES string of the molecule is CC/C=C\C/C=C\C/C=C\C/C=C\C/C=C\C/C=C\CCCCCCCCC(=O)OC(CO)COC(=O)CCCCCCCCCCCCCCCCCCCCCCCCC/C=C\C/C=C\C/C=C\C/C=C\C/C=C\CC. The Labute approximate surface area is 483 Å². The monoisotopic (exact) mass is 1080 g/mol. The van der Waals surface area contributed by atoms with Crippen LogP contribution in [0.2, 0.25) is 0 Å². The van der Waals surface area contributed by atoms with E-state index in [4.69, 9.17) is 9.47 Å². The van der Waals surface area contributed by atoms with Crippen LogP contribution < -0.4 is 0 Å². The quantitative estimate of drug-likeness (QED) is 0.0373. The van der Waals surface area contributed by atoms with Gasteiger partial charge in [-0.2, -0.15) is 0 Å². The lowest BCUT2D eigenvalue weighted by molar-refractivity contribution is -0.161. The topological polar surface area (TPSA) is 72.8 Å². The van der Waals surface area contributed by atoms with E-state index in [9.17, 15) is 14.7 Å². The number of aliphatic hydroxyl groups excluding tert-OH is 1. The standard InChI is InChI=1S/C73H122O5/c1-3-5-7-9-11-13-15-17-19-21-23-25-27-29-30-31-32-33-34-35-36-37-38-39-40-41-42-44-45-47-49-51-53-55-57-59-61-63-65-67-72(75)77-70-71(69-74)78-73(76)68-66-64-62-60-58-56-54-52-50-48-46-43-28-26-24-22-20-18-16-14-12-10-8-6-4-2/h5-8,11-14,17-20,23-26,29-30,43,46,50,52,71,74H,3-4,9-10,15-16,21-22,27-28,31-42,44-45,47-49,51,53-70H2,1-2H3/b7-5-,8-6-,13-11-,14-12-,19-17-,20-18-,25-23-,26-24-,30-29-,46-43-,52-50-. The van der Waals surface area contributed by atoms with E-state index in [1.165, 1.54) is 154 Å². The molecule has 1 N–H and O–H groups in total. The first-order valence-corrected chi connectivity index (χ1v) is 32.7. The fourth-order valence-electron chi connectivity index (χ4n) is 9.12. The maximum Gasteiger partial charge on any atom is 0.306 e. The van der Waals surface area contributed by atoms with Gasteiger partial charge in [0.25, 0.3) is 0 Å². The molecule has 78 heavy (non-hydrogen) atoms. The average molecular weight is 1080 g/mol. The van der Waals surface area contributed by atoms with Crippen molar-refractivity contribution >= 4 is 11.9 Å². The van der Waals surface area contributed by atoms with Crippen LogP contribution in [0.5, 0.6) is 0 Å². The van der Waals surface area contributed by atoms with Crippen molar-refractivity contribution in [1.29, 1.82) is 0 Å². The molecule has 0 bridgehead atoms. The molecule has 0 aliphatic carbocycles. The number of unbranched alkanes of at least 4 members (excludes halogenated alkanes) is 29. The molecule has 444 valence electrons. The minimum atomic E-state index is -0.788. The van der Waals surface area contributed by atoms with E-state index >= 15 is 0 Å². The molecule has 0 amide bonds. The van der Waals surface area contributed by atoms with Crippen LogP contribution in [0.1, 0.15) is 296 Å². The molecular weight excluding hydrogens is 957 g/mol. The lowest BCUT2D eigenvalue weighted by atomic mass is 10.0. The zero-order chi connectivity index (χ0) is 56.2. The molecule has 0 aliphatic heterocycles. The zero-order valence-corrected chi connectivity index (χ0v) is 50.9. The van der Waals surface area contributed by atoms with Crippen molar-refractivity contribution in [3.05, 3.63) is 134 Å². The van der Waals surface area contributed by atoms with Gasteiger partial charge in [0.15, 0.2) is 6.10 Å². The molecule has 0 heterocycles. The van der Waals surface area contributed by atoms with E-state index in [0.717, 1.165) is 116 Å². The third-order valence-corrected chi connectivity index (χ3v) is 13.9. The normalized spacial score (nSPS) is 13.1. The second-order valence-corrected chi connectivity index (χ2v) is 21.4. The van der Waals surface area contributed by atoms with Crippen molar-refractivity contribution in [1.82, 2.24) is 0 Å². The van der Waals surface area contributed by atoms with Gasteiger partial charge in [-0.15, -0.1) is 0 Å². The number of esters is 2. The summed E-state index contributed by atoms with van der Waals surface area (Å²) in [6.07, 6.45) is 100. The number of allylic oxidation sites excluding steroid dienone is 22. The van der Waals surface area contributed by atoms with Crippen molar-refractivity contribution in [2.45, 2.75) is 302 Å². The van der Waals surface area contributed by atoms with E-state index in [1.54, 1.807) is 0 Å². The van der Waals surface area contributed by atoms with E-state index in [0.29, 0.717) is 12.8 Å². The van der Waals surface area contributed by atoms with Gasteiger partial charge in [-0.25, -0.2) is 0 Å². The van der Waals surface area contributed by atoms with Crippen LogP contribution in [-0.2, 0) is 19.1 Å². The number of hydrogen-bond acceptors (Lipinski definition) is 5. The summed E-state index contributed by atoms with van der Waals surface area (Å²) in [6, 6.07) is 0. The molecule has 0 aromatic carbocycles. The molecule has 0 rings (SSSR count). The van der Waals surface area contributed by atoms with Gasteiger partial charge >= 0.3 is 11.9 Å². The summed E-state index contributed by atoms with van der Waals surface area (Å²) >= 11 is 0. The molecule has 1 unspecified atom stereocenters. The third kappa shape index (κ3) is 64.6. The van der Waals surface area contributed by atoms with E-state index in [-0.39, 0.29) is 25.2 Å². The molecule has 5 heteroatoms. The van der Waals surface area contributed by atoms with Crippen LogP contribution in [0.15, 0.2) is 134 Å². The molecule has 0 aromatic rings. The van der Waals surface area contributed by atoms with Gasteiger partial charge in [0, 0.05) is 12.8 Å². The highest BCUT2D eigenvalue weighted by Gasteiger charge is 2.16. The van der Waals surface area contributed by atoms with Crippen LogP contribution in [0.4, 0.5) is 0 Å². The van der Waals surface area contributed by atoms with Gasteiger partial charge in [0.2, 0.25) is 0 Å². The largest absolute Gasteiger partial charge is 0.462 e. The van der Waals surface area contributed by atoms with E-state index in [2.05, 4.69) is 148 Å². The molecule has 0 spiro atoms. The molecule has 0 aliphatic rings. The van der Waals surface area contributed by atoms with E-state index in [1.807, 2.05) is 0 Å². The van der Waals surface area contributed by atoms with Crippen LogP contribution in [0.3, 0.4) is 0 Å². The zero-order valence-electron chi connectivity index (χ0n) is 50.9. The fourth-order valence-corrected chi connectivity index (χ4v) is 9.12. The molecule has 0 radical (unpaired) electrons. The Morgan fingerprint density at radius 2 is 0.513 bits per heavy atom. The van der Waals surface area contributed by atoms with Crippen LogP contribution in [0, 0.1) is 0 Å². The molecule has 0 saturated carbocycles. The van der Waals surface area contributed by atoms with Gasteiger partial charge in [-0.1, -0.05) is 308 Å². The van der Waals surface area contributed by atoms with E-state index < -0.39 is 6.10 Å². The fraction of sp³-hybridized carbons (Fsp3) is 0.671. The minimum absolute atomic E-state index is 0.0760. The third-order valence-electron chi connectivity index (χ3n) is 13.9. The number of aliphatic hydroxyl groups is 1. The first-order valence-electron chi connectivity index (χ1n) is 32.7. The van der Waals surface area contributed by atoms with Gasteiger partial charge in [-0.3, -0.25) is 9.59 Å². The van der Waals surface area contributed by atoms with Gasteiger partial charge < -0.3 is 14.6 Å². The summed E-state index contributed by atoms with van der Waals surface area (Å²) in [7, 11) is 0. The van der Waals surface area contributed by atoms with Crippen molar-refractivity contribution in [2.24, 2.45) is 0 Å². The molecule has 0 fully saturated rings. The molecular formula is C73H122O5. The van der Waals surface area contributed by atoms with Crippen LogP contribution in [0.25, 0.3) is 0 Å². The highest BCUT2D eigenvalue weighted by atomic mass is 16.6. The highest BCUT2D eigenvalue weighted by molar-refractivity contribution is 5.70. The number of ether oxygens (including phenoxy) is 2. The van der Waals surface area contributed by atoms with Crippen molar-refractivity contribution < 1.29 is 24.2 Å². The first-order chi connectivity index (χ1) is 38.6. The molecule has 0 saturated heterocycles. The van der Waals surface area contributed by atoms with Gasteiger partial charge in [0.1, 0.15) is 6.61 Å². The number of carbonyl (C=O) groups is 2. The molecule has 1 atom stereocenters. The maximum atomic E-state index is 12.3. The molecule has 0 aromatic heterocycles. The van der Waals surface area contributed by atoms with Gasteiger partial charge in [0.05, 0.1) is 6.61 Å². The smallest absolute Gasteiger partial charge is 0.306 e. The number of hydrogen-bond donors (Lipinski definition) is 1. The Morgan fingerprint density at radius 1 is 0.295 bits per heavy atom. The Bertz CT molecular complexity index is 1600. The molecule has 5 nitrogen and oxygen atoms in total. The Kier molecular flexibility index (Phi) is 63.9. The predicted molar refractivity (Wildman–Crippen MR) is 343 cm³/mol. The summed E-state index contributed by atoms with van der Waals surface area (Å²) < 4.78 is 10.7. The maximum absolute atomic E-state index is 12.3. The Morgan fingerprint density at radius 3 is 0.769 bits per heavy atom. The number of carbonyl (C=O) groups excluding carboxylic acids is 2. The summed E-state index contributed by atoms with van der Waals surface area (Å²) in [4.78, 5) is 24.6. The van der Waals surface area contributed by atoms with Crippen LogP contribution in [-0.4, -0.2) is 36.4 Å². The summed E-state index contributed by atoms with van der Waals surface area (Å²) in [6.45, 7) is 3.92. The summed E-state index contributed by atoms with van der Waals surface area (Å²) in [5.41, 5.74) is 0. The second kappa shape index (κ2) is 67.3. The predicted octanol–water partition coefficient (Wildman–Crippen LogP) is 22.8.